The quantitative estimate of drug-likeness (QED) is 0.158. The Morgan fingerprint density at radius 2 is 1.38 bits per heavy atom. The Kier molecular flexibility index (Phi) is 13.3. The highest BCUT2D eigenvalue weighted by molar-refractivity contribution is 7.99. The van der Waals surface area contributed by atoms with Gasteiger partial charge in [0.1, 0.15) is 5.75 Å². The largest absolute Gasteiger partial charge is 0.482 e. The highest BCUT2D eigenvalue weighted by atomic mass is 32.2. The molecule has 0 amide bonds. The van der Waals surface area contributed by atoms with Gasteiger partial charge < -0.3 is 9.47 Å². The standard InChI is InChI=1S/C36H40N2O3S/c1-7-40-36(39)27-41-35-21-20-33(26-28(35)2)42-25-22-34(31-16-12-29(13-17-31)10-8-23-37(3)4)32-18-14-30(15-19-32)11-9-24-38(5)6/h12-22,26H,7,23-25,27H2,1-6H3. The number of carbonyl (C=O) groups is 1. The summed E-state index contributed by atoms with van der Waals surface area (Å²) in [5.74, 6) is 14.0. The summed E-state index contributed by atoms with van der Waals surface area (Å²) in [6.07, 6.45) is 2.27. The maximum Gasteiger partial charge on any atom is 0.344 e. The summed E-state index contributed by atoms with van der Waals surface area (Å²) >= 11 is 1.75. The number of rotatable bonds is 11. The van der Waals surface area contributed by atoms with Gasteiger partial charge in [0.25, 0.3) is 0 Å². The minimum absolute atomic E-state index is 0.0900. The van der Waals surface area contributed by atoms with Crippen LogP contribution in [0.5, 0.6) is 5.75 Å². The van der Waals surface area contributed by atoms with E-state index in [1.54, 1.807) is 18.7 Å². The second-order valence-electron chi connectivity index (χ2n) is 10.2. The number of hydrogen-bond donors (Lipinski definition) is 0. The molecule has 0 saturated heterocycles. The van der Waals surface area contributed by atoms with Crippen LogP contribution in [-0.2, 0) is 9.53 Å². The van der Waals surface area contributed by atoms with Crippen molar-refractivity contribution in [1.29, 1.82) is 0 Å². The lowest BCUT2D eigenvalue weighted by molar-refractivity contribution is -0.145. The van der Waals surface area contributed by atoms with Gasteiger partial charge in [-0.1, -0.05) is 54.0 Å². The lowest BCUT2D eigenvalue weighted by atomic mass is 9.96. The van der Waals surface area contributed by atoms with Gasteiger partial charge in [-0.15, -0.1) is 11.8 Å². The van der Waals surface area contributed by atoms with E-state index >= 15 is 0 Å². The van der Waals surface area contributed by atoms with Crippen LogP contribution in [0.15, 0.2) is 77.7 Å². The van der Waals surface area contributed by atoms with E-state index in [-0.39, 0.29) is 12.6 Å². The first kappa shape index (κ1) is 32.6. The third kappa shape index (κ3) is 11.1. The molecule has 0 aliphatic carbocycles. The molecular formula is C36H40N2O3S. The van der Waals surface area contributed by atoms with Gasteiger partial charge in [0.15, 0.2) is 6.61 Å². The van der Waals surface area contributed by atoms with Crippen LogP contribution >= 0.6 is 11.8 Å². The molecule has 0 radical (unpaired) electrons. The molecule has 0 saturated carbocycles. The van der Waals surface area contributed by atoms with Crippen LogP contribution in [0.1, 0.15) is 34.7 Å². The number of ether oxygens (including phenoxy) is 2. The van der Waals surface area contributed by atoms with E-state index in [2.05, 4.69) is 94.2 Å². The predicted molar refractivity (Wildman–Crippen MR) is 175 cm³/mol. The minimum atomic E-state index is -0.365. The van der Waals surface area contributed by atoms with E-state index in [4.69, 9.17) is 9.47 Å². The number of benzene rings is 3. The van der Waals surface area contributed by atoms with Crippen LogP contribution in [0.25, 0.3) is 5.57 Å². The molecule has 0 spiro atoms. The molecular weight excluding hydrogens is 540 g/mol. The number of hydrogen-bond acceptors (Lipinski definition) is 6. The maximum atomic E-state index is 11.6. The van der Waals surface area contributed by atoms with Crippen LogP contribution < -0.4 is 4.74 Å². The SMILES string of the molecule is CCOC(=O)COc1ccc(SCC=C(c2ccc(C#CCN(C)C)cc2)c2ccc(C#CCN(C)C)cc2)cc1C. The average Bonchev–Trinajstić information content (AvgIpc) is 2.96. The lowest BCUT2D eigenvalue weighted by Crippen LogP contribution is -2.14. The van der Waals surface area contributed by atoms with Crippen LogP contribution in [-0.4, -0.2) is 76.0 Å². The number of carbonyl (C=O) groups excluding carboxylic acids is 1. The van der Waals surface area contributed by atoms with E-state index in [1.807, 2.05) is 47.2 Å². The van der Waals surface area contributed by atoms with Crippen molar-refractivity contribution in [3.63, 3.8) is 0 Å². The molecule has 0 aliphatic rings. The summed E-state index contributed by atoms with van der Waals surface area (Å²) in [5.41, 5.74) is 6.42. The van der Waals surface area contributed by atoms with Crippen LogP contribution in [0.2, 0.25) is 0 Å². The van der Waals surface area contributed by atoms with E-state index in [1.165, 1.54) is 0 Å². The van der Waals surface area contributed by atoms with Crippen molar-refractivity contribution in [3.05, 3.63) is 101 Å². The summed E-state index contributed by atoms with van der Waals surface area (Å²) in [6, 6.07) is 22.9. The fraction of sp³-hybridized carbons (Fsp3) is 0.306. The van der Waals surface area contributed by atoms with Crippen molar-refractivity contribution >= 4 is 23.3 Å². The van der Waals surface area contributed by atoms with Gasteiger partial charge in [0.05, 0.1) is 19.7 Å². The van der Waals surface area contributed by atoms with Gasteiger partial charge in [0.2, 0.25) is 0 Å². The molecule has 6 heteroatoms. The molecule has 3 aromatic carbocycles. The fourth-order valence-corrected chi connectivity index (χ4v) is 4.77. The second-order valence-corrected chi connectivity index (χ2v) is 11.3. The van der Waals surface area contributed by atoms with E-state index in [0.717, 1.165) is 57.1 Å². The molecule has 218 valence electrons. The van der Waals surface area contributed by atoms with Gasteiger partial charge >= 0.3 is 5.97 Å². The summed E-state index contributed by atoms with van der Waals surface area (Å²) in [4.78, 5) is 16.9. The van der Waals surface area contributed by atoms with E-state index < -0.39 is 0 Å². The first-order valence-corrected chi connectivity index (χ1v) is 14.9. The van der Waals surface area contributed by atoms with Crippen molar-refractivity contribution < 1.29 is 14.3 Å². The molecule has 0 atom stereocenters. The highest BCUT2D eigenvalue weighted by Gasteiger charge is 2.08. The predicted octanol–water partition coefficient (Wildman–Crippen LogP) is 5.99. The molecule has 0 bridgehead atoms. The fourth-order valence-electron chi connectivity index (χ4n) is 3.90. The zero-order valence-electron chi connectivity index (χ0n) is 25.5. The Balaban J connectivity index is 1.79. The van der Waals surface area contributed by atoms with Crippen LogP contribution in [0, 0.1) is 30.6 Å². The van der Waals surface area contributed by atoms with Gasteiger partial charge in [-0.2, -0.15) is 0 Å². The van der Waals surface area contributed by atoms with Gasteiger partial charge in [0, 0.05) is 21.8 Å². The Morgan fingerprint density at radius 1 is 0.833 bits per heavy atom. The average molecular weight is 581 g/mol. The Hall–Kier alpha value is -3.94. The van der Waals surface area contributed by atoms with E-state index in [9.17, 15) is 4.79 Å². The van der Waals surface area contributed by atoms with Gasteiger partial charge in [-0.3, -0.25) is 9.80 Å². The maximum absolute atomic E-state index is 11.6. The third-order valence-corrected chi connectivity index (χ3v) is 6.90. The smallest absolute Gasteiger partial charge is 0.344 e. The molecule has 0 fully saturated rings. The Morgan fingerprint density at radius 3 is 1.86 bits per heavy atom. The highest BCUT2D eigenvalue weighted by Crippen LogP contribution is 2.29. The second kappa shape index (κ2) is 17.1. The van der Waals surface area contributed by atoms with Crippen molar-refractivity contribution in [2.45, 2.75) is 18.7 Å². The summed E-state index contributed by atoms with van der Waals surface area (Å²) < 4.78 is 10.6. The zero-order valence-corrected chi connectivity index (χ0v) is 26.3. The summed E-state index contributed by atoms with van der Waals surface area (Å²) in [6.45, 7) is 5.48. The first-order chi connectivity index (χ1) is 20.2. The van der Waals surface area contributed by atoms with Crippen LogP contribution in [0.3, 0.4) is 0 Å². The van der Waals surface area contributed by atoms with Crippen molar-refractivity contribution in [2.75, 3.05) is 60.2 Å². The van der Waals surface area contributed by atoms with Crippen molar-refractivity contribution in [1.82, 2.24) is 9.80 Å². The number of nitrogens with zero attached hydrogens (tertiary/aromatic N) is 2. The molecule has 3 rings (SSSR count). The molecule has 42 heavy (non-hydrogen) atoms. The summed E-state index contributed by atoms with van der Waals surface area (Å²) in [5, 5.41) is 0. The molecule has 0 N–H and O–H groups in total. The topological polar surface area (TPSA) is 42.0 Å². The zero-order chi connectivity index (χ0) is 30.3. The monoisotopic (exact) mass is 580 g/mol. The molecule has 0 unspecified atom stereocenters. The first-order valence-electron chi connectivity index (χ1n) is 13.9. The molecule has 5 nitrogen and oxygen atoms in total. The summed E-state index contributed by atoms with van der Waals surface area (Å²) in [7, 11) is 8.06. The molecule has 0 aromatic heterocycles. The molecule has 0 aliphatic heterocycles. The number of aryl methyl sites for hydroxylation is 1. The third-order valence-electron chi connectivity index (χ3n) is 5.98. The van der Waals surface area contributed by atoms with Crippen molar-refractivity contribution in [3.8, 4) is 29.4 Å². The minimum Gasteiger partial charge on any atom is -0.482 e. The van der Waals surface area contributed by atoms with E-state index in [0.29, 0.717) is 12.4 Å². The Labute approximate surface area is 255 Å². The lowest BCUT2D eigenvalue weighted by Gasteiger charge is -2.11. The van der Waals surface area contributed by atoms with Gasteiger partial charge in [-0.25, -0.2) is 4.79 Å². The van der Waals surface area contributed by atoms with Crippen LogP contribution in [0.4, 0.5) is 0 Å². The Bertz CT molecular complexity index is 1390. The van der Waals surface area contributed by atoms with Gasteiger partial charge in [-0.05, 0) is 107 Å². The van der Waals surface area contributed by atoms with Crippen molar-refractivity contribution in [2.24, 2.45) is 0 Å². The number of esters is 1. The molecule has 0 heterocycles. The molecule has 3 aromatic rings. The number of thioether (sulfide) groups is 1. The normalized spacial score (nSPS) is 10.4.